The Morgan fingerprint density at radius 3 is 2.58 bits per heavy atom. The first-order valence-corrected chi connectivity index (χ1v) is 9.23. The van der Waals surface area contributed by atoms with Crippen molar-refractivity contribution in [2.45, 2.75) is 46.6 Å². The van der Waals surface area contributed by atoms with Gasteiger partial charge in [-0.15, -0.1) is 0 Å². The standard InChI is InChI=1S/C21H28N2O3/c1-4-6-16(3)13-20(24)23-15-17-11-12-22-21(14-17)26-19-9-7-18(8-10-19)25-5-2/h7-12,14,16H,4-6,13,15H2,1-3H3,(H,23,24). The van der Waals surface area contributed by atoms with Gasteiger partial charge in [-0.2, -0.15) is 0 Å². The van der Waals surface area contributed by atoms with Crippen LogP contribution in [0.4, 0.5) is 0 Å². The molecule has 1 unspecified atom stereocenters. The van der Waals surface area contributed by atoms with Gasteiger partial charge in [-0.05, 0) is 48.7 Å². The Morgan fingerprint density at radius 1 is 1.15 bits per heavy atom. The summed E-state index contributed by atoms with van der Waals surface area (Å²) in [6, 6.07) is 11.1. The number of pyridine rings is 1. The summed E-state index contributed by atoms with van der Waals surface area (Å²) in [4.78, 5) is 16.2. The van der Waals surface area contributed by atoms with Gasteiger partial charge in [-0.3, -0.25) is 4.79 Å². The van der Waals surface area contributed by atoms with Gasteiger partial charge in [0.05, 0.1) is 6.61 Å². The molecule has 1 aromatic heterocycles. The summed E-state index contributed by atoms with van der Waals surface area (Å²) in [5.41, 5.74) is 0.956. The molecule has 1 amide bonds. The second kappa shape index (κ2) is 10.4. The number of aromatic nitrogens is 1. The van der Waals surface area contributed by atoms with E-state index < -0.39 is 0 Å². The molecule has 1 atom stereocenters. The quantitative estimate of drug-likeness (QED) is 0.669. The van der Waals surface area contributed by atoms with Gasteiger partial charge in [0.25, 0.3) is 0 Å². The number of hydrogen-bond acceptors (Lipinski definition) is 4. The van der Waals surface area contributed by atoms with Gasteiger partial charge in [0.2, 0.25) is 11.8 Å². The lowest BCUT2D eigenvalue weighted by Crippen LogP contribution is -2.24. The van der Waals surface area contributed by atoms with Gasteiger partial charge in [0.15, 0.2) is 0 Å². The Balaban J connectivity index is 1.88. The Kier molecular flexibility index (Phi) is 7.93. The molecule has 0 saturated heterocycles. The smallest absolute Gasteiger partial charge is 0.220 e. The summed E-state index contributed by atoms with van der Waals surface area (Å²) in [5, 5.41) is 2.96. The van der Waals surface area contributed by atoms with Crippen molar-refractivity contribution >= 4 is 5.91 Å². The molecule has 1 heterocycles. The predicted molar refractivity (Wildman–Crippen MR) is 102 cm³/mol. The molecule has 5 heteroatoms. The summed E-state index contributed by atoms with van der Waals surface area (Å²) >= 11 is 0. The van der Waals surface area contributed by atoms with Crippen molar-refractivity contribution in [1.29, 1.82) is 0 Å². The summed E-state index contributed by atoms with van der Waals surface area (Å²) < 4.78 is 11.2. The fourth-order valence-corrected chi connectivity index (χ4v) is 2.69. The zero-order valence-electron chi connectivity index (χ0n) is 15.8. The molecule has 26 heavy (non-hydrogen) atoms. The molecule has 5 nitrogen and oxygen atoms in total. The number of amides is 1. The normalized spacial score (nSPS) is 11.7. The summed E-state index contributed by atoms with van der Waals surface area (Å²) in [7, 11) is 0. The highest BCUT2D eigenvalue weighted by atomic mass is 16.5. The van der Waals surface area contributed by atoms with Crippen LogP contribution >= 0.6 is 0 Å². The number of nitrogens with zero attached hydrogens (tertiary/aromatic N) is 1. The van der Waals surface area contributed by atoms with Crippen LogP contribution in [0.5, 0.6) is 17.4 Å². The third-order valence-electron chi connectivity index (χ3n) is 3.96. The zero-order valence-corrected chi connectivity index (χ0v) is 15.8. The molecule has 0 aliphatic heterocycles. The van der Waals surface area contributed by atoms with E-state index in [-0.39, 0.29) is 5.91 Å². The van der Waals surface area contributed by atoms with Crippen molar-refractivity contribution in [3.63, 3.8) is 0 Å². The van der Waals surface area contributed by atoms with Gasteiger partial charge in [-0.25, -0.2) is 4.98 Å². The molecular formula is C21H28N2O3. The Morgan fingerprint density at radius 2 is 1.88 bits per heavy atom. The highest BCUT2D eigenvalue weighted by molar-refractivity contribution is 5.76. The maximum absolute atomic E-state index is 12.0. The Bertz CT molecular complexity index is 686. The van der Waals surface area contributed by atoms with Crippen molar-refractivity contribution in [1.82, 2.24) is 10.3 Å². The van der Waals surface area contributed by atoms with Crippen LogP contribution in [0.25, 0.3) is 0 Å². The highest BCUT2D eigenvalue weighted by Gasteiger charge is 2.08. The monoisotopic (exact) mass is 356 g/mol. The maximum atomic E-state index is 12.0. The van der Waals surface area contributed by atoms with Crippen LogP contribution in [0.2, 0.25) is 0 Å². The average molecular weight is 356 g/mol. The molecular weight excluding hydrogens is 328 g/mol. The fraction of sp³-hybridized carbons (Fsp3) is 0.429. The van der Waals surface area contributed by atoms with E-state index in [1.807, 2.05) is 43.3 Å². The third-order valence-corrected chi connectivity index (χ3v) is 3.96. The molecule has 0 radical (unpaired) electrons. The topological polar surface area (TPSA) is 60.5 Å². The van der Waals surface area contributed by atoms with Crippen molar-refractivity contribution in [3.05, 3.63) is 48.2 Å². The van der Waals surface area contributed by atoms with Crippen LogP contribution in [-0.4, -0.2) is 17.5 Å². The molecule has 2 rings (SSSR count). The SMILES string of the molecule is CCCC(C)CC(=O)NCc1ccnc(Oc2ccc(OCC)cc2)c1. The number of carbonyl (C=O) groups is 1. The molecule has 0 aliphatic carbocycles. The molecule has 0 fully saturated rings. The molecule has 1 N–H and O–H groups in total. The van der Waals surface area contributed by atoms with Crippen LogP contribution in [-0.2, 0) is 11.3 Å². The van der Waals surface area contributed by atoms with E-state index in [2.05, 4.69) is 24.1 Å². The van der Waals surface area contributed by atoms with E-state index >= 15 is 0 Å². The van der Waals surface area contributed by atoms with E-state index in [1.165, 1.54) is 0 Å². The number of rotatable bonds is 10. The van der Waals surface area contributed by atoms with E-state index in [9.17, 15) is 4.79 Å². The van der Waals surface area contributed by atoms with Crippen LogP contribution in [0.1, 0.15) is 45.6 Å². The van der Waals surface area contributed by atoms with Crippen LogP contribution in [0.15, 0.2) is 42.6 Å². The van der Waals surface area contributed by atoms with Crippen molar-refractivity contribution in [3.8, 4) is 17.4 Å². The van der Waals surface area contributed by atoms with Gasteiger partial charge >= 0.3 is 0 Å². The first-order chi connectivity index (χ1) is 12.6. The van der Waals surface area contributed by atoms with E-state index in [0.717, 1.165) is 24.2 Å². The number of benzene rings is 1. The van der Waals surface area contributed by atoms with Gasteiger partial charge in [0, 0.05) is 25.2 Å². The van der Waals surface area contributed by atoms with Crippen LogP contribution in [0.3, 0.4) is 0 Å². The summed E-state index contributed by atoms with van der Waals surface area (Å²) in [5.74, 6) is 2.49. The molecule has 1 aromatic carbocycles. The molecule has 2 aromatic rings. The zero-order chi connectivity index (χ0) is 18.8. The van der Waals surface area contributed by atoms with Crippen molar-refractivity contribution < 1.29 is 14.3 Å². The molecule has 0 bridgehead atoms. The number of carbonyl (C=O) groups excluding carboxylic acids is 1. The Labute approximate surface area is 155 Å². The number of ether oxygens (including phenoxy) is 2. The Hall–Kier alpha value is -2.56. The molecule has 0 aliphatic rings. The van der Waals surface area contributed by atoms with Crippen LogP contribution in [0, 0.1) is 5.92 Å². The molecule has 0 saturated carbocycles. The number of hydrogen-bond donors (Lipinski definition) is 1. The fourth-order valence-electron chi connectivity index (χ4n) is 2.69. The maximum Gasteiger partial charge on any atom is 0.220 e. The lowest BCUT2D eigenvalue weighted by molar-refractivity contribution is -0.122. The van der Waals surface area contributed by atoms with Crippen LogP contribution < -0.4 is 14.8 Å². The largest absolute Gasteiger partial charge is 0.494 e. The minimum Gasteiger partial charge on any atom is -0.494 e. The molecule has 0 spiro atoms. The summed E-state index contributed by atoms with van der Waals surface area (Å²) in [6.07, 6.45) is 4.42. The van der Waals surface area contributed by atoms with Gasteiger partial charge in [-0.1, -0.05) is 26.7 Å². The average Bonchev–Trinajstić information content (AvgIpc) is 2.62. The minimum absolute atomic E-state index is 0.0803. The lowest BCUT2D eigenvalue weighted by Gasteiger charge is -2.11. The highest BCUT2D eigenvalue weighted by Crippen LogP contribution is 2.23. The minimum atomic E-state index is 0.0803. The van der Waals surface area contributed by atoms with Crippen molar-refractivity contribution in [2.24, 2.45) is 5.92 Å². The first-order valence-electron chi connectivity index (χ1n) is 9.23. The second-order valence-corrected chi connectivity index (χ2v) is 6.38. The van der Waals surface area contributed by atoms with Gasteiger partial charge < -0.3 is 14.8 Å². The van der Waals surface area contributed by atoms with E-state index in [4.69, 9.17) is 9.47 Å². The number of nitrogens with one attached hydrogen (secondary N) is 1. The van der Waals surface area contributed by atoms with Gasteiger partial charge in [0.1, 0.15) is 11.5 Å². The molecule has 140 valence electrons. The first kappa shape index (κ1) is 19.8. The summed E-state index contributed by atoms with van der Waals surface area (Å²) in [6.45, 7) is 7.30. The third kappa shape index (κ3) is 6.75. The van der Waals surface area contributed by atoms with E-state index in [0.29, 0.717) is 37.1 Å². The lowest BCUT2D eigenvalue weighted by atomic mass is 10.0. The second-order valence-electron chi connectivity index (χ2n) is 6.38. The van der Waals surface area contributed by atoms with E-state index in [1.54, 1.807) is 6.20 Å². The van der Waals surface area contributed by atoms with Crippen molar-refractivity contribution in [2.75, 3.05) is 6.61 Å². The predicted octanol–water partition coefficient (Wildman–Crippen LogP) is 4.72.